The van der Waals surface area contributed by atoms with Gasteiger partial charge in [0.15, 0.2) is 0 Å². The monoisotopic (exact) mass is 194 g/mol. The standard InChI is InChI=1S/C12H22N2/c1-9-6-11(14-10(2)13-5)8-12(3,4)7-9/h9,11,14H,2,5-8H2,1,3-4H3. The molecule has 0 heterocycles. The summed E-state index contributed by atoms with van der Waals surface area (Å²) < 4.78 is 0. The van der Waals surface area contributed by atoms with Crippen LogP contribution in [0.25, 0.3) is 0 Å². The molecule has 2 atom stereocenters. The van der Waals surface area contributed by atoms with Crippen LogP contribution in [0.5, 0.6) is 0 Å². The molecule has 1 aliphatic rings. The van der Waals surface area contributed by atoms with E-state index in [4.69, 9.17) is 0 Å². The van der Waals surface area contributed by atoms with Crippen LogP contribution in [0.15, 0.2) is 17.4 Å². The van der Waals surface area contributed by atoms with E-state index in [-0.39, 0.29) is 0 Å². The van der Waals surface area contributed by atoms with Gasteiger partial charge in [-0.25, -0.2) is 4.99 Å². The Labute approximate surface area is 87.5 Å². The third-order valence-electron chi connectivity index (χ3n) is 2.95. The van der Waals surface area contributed by atoms with Crippen molar-refractivity contribution in [2.45, 2.75) is 46.1 Å². The first-order valence-electron chi connectivity index (χ1n) is 5.35. The van der Waals surface area contributed by atoms with E-state index in [1.165, 1.54) is 19.3 Å². The van der Waals surface area contributed by atoms with Crippen LogP contribution in [0.4, 0.5) is 0 Å². The number of hydrogen-bond acceptors (Lipinski definition) is 2. The summed E-state index contributed by atoms with van der Waals surface area (Å²) in [4.78, 5) is 3.80. The molecule has 2 heteroatoms. The minimum absolute atomic E-state index is 0.441. The minimum Gasteiger partial charge on any atom is -0.368 e. The van der Waals surface area contributed by atoms with Gasteiger partial charge in [-0.15, -0.1) is 0 Å². The fourth-order valence-electron chi connectivity index (χ4n) is 2.74. The maximum atomic E-state index is 3.80. The Morgan fingerprint density at radius 2 is 2.07 bits per heavy atom. The van der Waals surface area contributed by atoms with Gasteiger partial charge in [-0.05, 0) is 37.3 Å². The predicted octanol–water partition coefficient (Wildman–Crippen LogP) is 2.96. The van der Waals surface area contributed by atoms with Crippen LogP contribution >= 0.6 is 0 Å². The normalized spacial score (nSPS) is 30.8. The SMILES string of the molecule is C=NC(=C)NC1CC(C)CC(C)(C)C1. The first-order chi connectivity index (χ1) is 6.43. The van der Waals surface area contributed by atoms with Gasteiger partial charge in [0.2, 0.25) is 0 Å². The molecule has 14 heavy (non-hydrogen) atoms. The van der Waals surface area contributed by atoms with Crippen molar-refractivity contribution in [3.8, 4) is 0 Å². The smallest absolute Gasteiger partial charge is 0.118 e. The predicted molar refractivity (Wildman–Crippen MR) is 62.4 cm³/mol. The lowest BCUT2D eigenvalue weighted by Crippen LogP contribution is -2.39. The van der Waals surface area contributed by atoms with Gasteiger partial charge in [0, 0.05) is 6.04 Å². The molecule has 0 saturated heterocycles. The zero-order valence-corrected chi connectivity index (χ0v) is 9.64. The third kappa shape index (κ3) is 3.17. The largest absolute Gasteiger partial charge is 0.368 e. The van der Waals surface area contributed by atoms with Crippen LogP contribution in [-0.4, -0.2) is 12.8 Å². The van der Waals surface area contributed by atoms with Crippen LogP contribution in [0.3, 0.4) is 0 Å². The second kappa shape index (κ2) is 4.16. The highest BCUT2D eigenvalue weighted by Crippen LogP contribution is 2.38. The second-order valence-corrected chi connectivity index (χ2v) is 5.36. The van der Waals surface area contributed by atoms with E-state index in [2.05, 4.69) is 44.4 Å². The summed E-state index contributed by atoms with van der Waals surface area (Å²) in [6.07, 6.45) is 3.74. The zero-order chi connectivity index (χ0) is 10.8. The molecule has 0 radical (unpaired) electrons. The van der Waals surface area contributed by atoms with Gasteiger partial charge in [-0.2, -0.15) is 0 Å². The number of rotatable bonds is 3. The molecule has 0 aliphatic heterocycles. The molecular weight excluding hydrogens is 172 g/mol. The van der Waals surface area contributed by atoms with Gasteiger partial charge in [0.1, 0.15) is 5.82 Å². The Hall–Kier alpha value is -0.790. The Morgan fingerprint density at radius 1 is 1.43 bits per heavy atom. The topological polar surface area (TPSA) is 24.4 Å². The third-order valence-corrected chi connectivity index (χ3v) is 2.95. The average molecular weight is 194 g/mol. The molecular formula is C12H22N2. The maximum Gasteiger partial charge on any atom is 0.118 e. The molecule has 0 bridgehead atoms. The van der Waals surface area contributed by atoms with Gasteiger partial charge in [0.05, 0.1) is 0 Å². The number of aliphatic imine (C=N–C) groups is 1. The number of nitrogens with one attached hydrogen (secondary N) is 1. The van der Waals surface area contributed by atoms with Gasteiger partial charge in [0.25, 0.3) is 0 Å². The molecule has 0 spiro atoms. The van der Waals surface area contributed by atoms with E-state index in [0.29, 0.717) is 17.3 Å². The molecule has 0 aromatic heterocycles. The Kier molecular flexibility index (Phi) is 3.35. The van der Waals surface area contributed by atoms with Gasteiger partial charge < -0.3 is 5.32 Å². The van der Waals surface area contributed by atoms with Crippen molar-refractivity contribution in [1.29, 1.82) is 0 Å². The lowest BCUT2D eigenvalue weighted by atomic mass is 9.70. The van der Waals surface area contributed by atoms with Gasteiger partial charge >= 0.3 is 0 Å². The minimum atomic E-state index is 0.441. The summed E-state index contributed by atoms with van der Waals surface area (Å²) in [5, 5.41) is 3.33. The number of nitrogens with zero attached hydrogens (tertiary/aromatic N) is 1. The molecule has 1 N–H and O–H groups in total. The molecule has 1 rings (SSSR count). The summed E-state index contributed by atoms with van der Waals surface area (Å²) in [5.74, 6) is 1.49. The first kappa shape index (κ1) is 11.3. The van der Waals surface area contributed by atoms with Crippen molar-refractivity contribution < 1.29 is 0 Å². The van der Waals surface area contributed by atoms with Gasteiger partial charge in [-0.3, -0.25) is 0 Å². The van der Waals surface area contributed by atoms with E-state index in [0.717, 1.165) is 5.92 Å². The Morgan fingerprint density at radius 3 is 2.57 bits per heavy atom. The molecule has 80 valence electrons. The highest BCUT2D eigenvalue weighted by molar-refractivity contribution is 5.27. The van der Waals surface area contributed by atoms with E-state index in [1.807, 2.05) is 0 Å². The van der Waals surface area contributed by atoms with Crippen LogP contribution in [0, 0.1) is 11.3 Å². The molecule has 1 saturated carbocycles. The van der Waals surface area contributed by atoms with Crippen molar-refractivity contribution in [1.82, 2.24) is 5.32 Å². The van der Waals surface area contributed by atoms with Crippen molar-refractivity contribution in [3.05, 3.63) is 12.4 Å². The van der Waals surface area contributed by atoms with E-state index in [9.17, 15) is 0 Å². The fourth-order valence-corrected chi connectivity index (χ4v) is 2.74. The van der Waals surface area contributed by atoms with Crippen LogP contribution in [-0.2, 0) is 0 Å². The highest BCUT2D eigenvalue weighted by Gasteiger charge is 2.31. The molecule has 0 amide bonds. The summed E-state index contributed by atoms with van der Waals surface area (Å²) in [5.41, 5.74) is 0.441. The molecule has 2 nitrogen and oxygen atoms in total. The average Bonchev–Trinajstić information content (AvgIpc) is 1.99. The maximum absolute atomic E-state index is 3.80. The first-order valence-corrected chi connectivity index (χ1v) is 5.35. The Balaban J connectivity index is 2.54. The molecule has 0 aromatic carbocycles. The van der Waals surface area contributed by atoms with Crippen molar-refractivity contribution in [2.75, 3.05) is 0 Å². The van der Waals surface area contributed by atoms with Crippen molar-refractivity contribution >= 4 is 6.72 Å². The summed E-state index contributed by atoms with van der Waals surface area (Å²) >= 11 is 0. The van der Waals surface area contributed by atoms with Crippen LogP contribution < -0.4 is 5.32 Å². The van der Waals surface area contributed by atoms with E-state index >= 15 is 0 Å². The highest BCUT2D eigenvalue weighted by atomic mass is 15.0. The van der Waals surface area contributed by atoms with Crippen LogP contribution in [0.1, 0.15) is 40.0 Å². The molecule has 2 unspecified atom stereocenters. The van der Waals surface area contributed by atoms with E-state index in [1.54, 1.807) is 0 Å². The zero-order valence-electron chi connectivity index (χ0n) is 9.64. The summed E-state index contributed by atoms with van der Waals surface area (Å²) in [7, 11) is 0. The van der Waals surface area contributed by atoms with Gasteiger partial charge in [-0.1, -0.05) is 27.4 Å². The second-order valence-electron chi connectivity index (χ2n) is 5.36. The molecule has 0 aromatic rings. The molecule has 1 aliphatic carbocycles. The summed E-state index contributed by atoms with van der Waals surface area (Å²) in [6.45, 7) is 14.3. The lowest BCUT2D eigenvalue weighted by molar-refractivity contribution is 0.157. The molecule has 1 fully saturated rings. The summed E-state index contributed by atoms with van der Waals surface area (Å²) in [6, 6.07) is 0.520. The fraction of sp³-hybridized carbons (Fsp3) is 0.750. The number of hydrogen-bond donors (Lipinski definition) is 1. The van der Waals surface area contributed by atoms with Crippen LogP contribution in [0.2, 0.25) is 0 Å². The van der Waals surface area contributed by atoms with Crippen molar-refractivity contribution in [3.63, 3.8) is 0 Å². The van der Waals surface area contributed by atoms with Crippen molar-refractivity contribution in [2.24, 2.45) is 16.3 Å². The quantitative estimate of drug-likeness (QED) is 0.686. The lowest BCUT2D eigenvalue weighted by Gasteiger charge is -2.39. The Bertz CT molecular complexity index is 230. The van der Waals surface area contributed by atoms with E-state index < -0.39 is 0 Å².